The molecule has 0 radical (unpaired) electrons. The number of carbonyl (C=O) groups excluding carboxylic acids is 2. The van der Waals surface area contributed by atoms with Gasteiger partial charge in [0.15, 0.2) is 5.60 Å². The number of H-pyrrole nitrogens is 1. The largest absolute Gasteiger partial charge is 0.394 e. The lowest BCUT2D eigenvalue weighted by Gasteiger charge is -2.37. The van der Waals surface area contributed by atoms with Crippen LogP contribution in [0, 0.1) is 5.92 Å². The summed E-state index contributed by atoms with van der Waals surface area (Å²) in [7, 11) is -3.49. The SMILES string of the molecule is C[C@H]1[C@H]([Si](C)(C)F)[C@@H](CC(=O)N2Cc3ccccc3C[C@H]2CO)O[C@]12C(=O)Nc1ccc(-n3[nH]c4ccccc4c3=O)cc12. The summed E-state index contributed by atoms with van der Waals surface area (Å²) in [6.07, 6.45) is -0.431. The van der Waals surface area contributed by atoms with Crippen LogP contribution in [0.2, 0.25) is 18.6 Å². The highest BCUT2D eigenvalue weighted by Gasteiger charge is 2.65. The van der Waals surface area contributed by atoms with Crippen molar-refractivity contribution in [2.45, 2.75) is 62.7 Å². The van der Waals surface area contributed by atoms with Crippen molar-refractivity contribution in [3.8, 4) is 5.69 Å². The number of amides is 2. The quantitative estimate of drug-likeness (QED) is 0.228. The van der Waals surface area contributed by atoms with Gasteiger partial charge in [-0.05, 0) is 61.0 Å². The normalized spacial score (nSPS) is 26.2. The summed E-state index contributed by atoms with van der Waals surface area (Å²) in [6, 6.07) is 19.9. The Kier molecular flexibility index (Phi) is 6.68. The number of nitrogens with one attached hydrogen (secondary N) is 2. The van der Waals surface area contributed by atoms with Crippen LogP contribution in [-0.4, -0.2) is 58.8 Å². The van der Waals surface area contributed by atoms with Crippen LogP contribution in [0.5, 0.6) is 0 Å². The second-order valence-corrected chi connectivity index (χ2v) is 16.6. The smallest absolute Gasteiger partial charge is 0.279 e. The van der Waals surface area contributed by atoms with E-state index in [-0.39, 0.29) is 24.5 Å². The van der Waals surface area contributed by atoms with E-state index >= 15 is 4.11 Å². The molecule has 11 heteroatoms. The minimum Gasteiger partial charge on any atom is -0.394 e. The van der Waals surface area contributed by atoms with Gasteiger partial charge in [-0.1, -0.05) is 43.3 Å². The van der Waals surface area contributed by atoms with E-state index < -0.39 is 43.5 Å². The third-order valence-corrected chi connectivity index (χ3v) is 12.3. The molecule has 1 aromatic heterocycles. The van der Waals surface area contributed by atoms with Gasteiger partial charge in [0.1, 0.15) is 0 Å². The number of aliphatic hydroxyl groups excluding tert-OH is 1. The molecule has 9 nitrogen and oxygen atoms in total. The summed E-state index contributed by atoms with van der Waals surface area (Å²) < 4.78 is 24.3. The highest BCUT2D eigenvalue weighted by Crippen LogP contribution is 2.59. The number of benzene rings is 3. The second kappa shape index (κ2) is 10.3. The van der Waals surface area contributed by atoms with Crippen molar-refractivity contribution in [2.24, 2.45) is 5.92 Å². The van der Waals surface area contributed by atoms with Crippen molar-refractivity contribution >= 4 is 36.8 Å². The molecule has 4 aromatic rings. The molecule has 1 saturated heterocycles. The lowest BCUT2D eigenvalue weighted by atomic mass is 9.82. The zero-order valence-electron chi connectivity index (χ0n) is 24.8. The van der Waals surface area contributed by atoms with Crippen molar-refractivity contribution in [3.05, 3.63) is 93.8 Å². The molecule has 2 amide bonds. The highest BCUT2D eigenvalue weighted by atomic mass is 28.4. The number of fused-ring (bicyclic) bond motifs is 4. The standard InChI is InChI=1S/C33H35FN4O5Si/c1-19-30(44(2,3)34)28(16-29(40)37-17-21-9-5-4-8-20(21)14-23(37)18-39)43-33(19)25-15-22(12-13-27(25)35-32(33)42)38-31(41)24-10-6-7-11-26(24)36-38/h4-13,15,19,23,28,30,36,39H,14,16-18H2,1-3H3,(H,35,42)/t19-,23-,28+,30-,33+/m0/s1. The number of hydrogen-bond acceptors (Lipinski definition) is 5. The minimum absolute atomic E-state index is 0.112. The van der Waals surface area contributed by atoms with E-state index in [2.05, 4.69) is 10.4 Å². The van der Waals surface area contributed by atoms with Gasteiger partial charge in [0, 0.05) is 29.3 Å². The Labute approximate surface area is 254 Å². The lowest BCUT2D eigenvalue weighted by molar-refractivity contribution is -0.149. The first kappa shape index (κ1) is 28.7. The van der Waals surface area contributed by atoms with Crippen molar-refractivity contribution in [1.29, 1.82) is 0 Å². The zero-order chi connectivity index (χ0) is 31.0. The number of para-hydroxylation sites is 1. The Hall–Kier alpha value is -4.06. The van der Waals surface area contributed by atoms with Crippen LogP contribution in [-0.2, 0) is 32.9 Å². The monoisotopic (exact) mass is 614 g/mol. The molecule has 1 spiro atoms. The fraction of sp³-hybridized carbons (Fsp3) is 0.364. The molecule has 0 bridgehead atoms. The second-order valence-electron chi connectivity index (χ2n) is 12.8. The summed E-state index contributed by atoms with van der Waals surface area (Å²) in [5, 5.41) is 16.7. The molecule has 3 aliphatic rings. The van der Waals surface area contributed by atoms with Crippen LogP contribution in [0.15, 0.2) is 71.5 Å². The van der Waals surface area contributed by atoms with Crippen LogP contribution >= 0.6 is 0 Å². The number of rotatable bonds is 5. The molecule has 44 heavy (non-hydrogen) atoms. The molecule has 4 heterocycles. The molecule has 3 aliphatic heterocycles. The van der Waals surface area contributed by atoms with Gasteiger partial charge in [0.2, 0.25) is 14.3 Å². The topological polar surface area (TPSA) is 117 Å². The van der Waals surface area contributed by atoms with E-state index in [0.29, 0.717) is 40.8 Å². The van der Waals surface area contributed by atoms with Gasteiger partial charge in [-0.15, -0.1) is 0 Å². The van der Waals surface area contributed by atoms with Crippen molar-refractivity contribution < 1.29 is 23.5 Å². The summed E-state index contributed by atoms with van der Waals surface area (Å²) in [5.74, 6) is -1.23. The third kappa shape index (κ3) is 4.28. The molecular formula is C33H35FN4O5Si. The van der Waals surface area contributed by atoms with Crippen LogP contribution in [0.4, 0.5) is 9.80 Å². The predicted molar refractivity (Wildman–Crippen MR) is 167 cm³/mol. The van der Waals surface area contributed by atoms with Gasteiger partial charge in [0.25, 0.3) is 11.5 Å². The summed E-state index contributed by atoms with van der Waals surface area (Å²) in [6.45, 7) is 5.17. The first-order valence-corrected chi connectivity index (χ1v) is 18.0. The molecule has 0 unspecified atom stereocenters. The van der Waals surface area contributed by atoms with Crippen molar-refractivity contribution in [1.82, 2.24) is 14.7 Å². The Morgan fingerprint density at radius 3 is 2.55 bits per heavy atom. The molecule has 1 fully saturated rings. The lowest BCUT2D eigenvalue weighted by Crippen LogP contribution is -2.48. The fourth-order valence-corrected chi connectivity index (χ4v) is 10.3. The van der Waals surface area contributed by atoms with Crippen LogP contribution < -0.4 is 10.9 Å². The van der Waals surface area contributed by atoms with E-state index in [0.717, 1.165) is 11.1 Å². The number of carbonyl (C=O) groups is 2. The molecular weight excluding hydrogens is 579 g/mol. The molecule has 0 saturated carbocycles. The summed E-state index contributed by atoms with van der Waals surface area (Å²) >= 11 is 0. The number of ether oxygens (including phenoxy) is 1. The highest BCUT2D eigenvalue weighted by molar-refractivity contribution is 6.72. The maximum absolute atomic E-state index is 16.2. The van der Waals surface area contributed by atoms with E-state index in [1.54, 1.807) is 48.3 Å². The number of halogens is 1. The maximum Gasteiger partial charge on any atom is 0.279 e. The molecule has 0 aliphatic carbocycles. The average Bonchev–Trinajstić information content (AvgIpc) is 3.60. The van der Waals surface area contributed by atoms with Gasteiger partial charge in [-0.3, -0.25) is 19.5 Å². The number of nitrogens with zero attached hydrogens (tertiary/aromatic N) is 2. The fourth-order valence-electron chi connectivity index (χ4n) is 7.77. The number of hydrogen-bond donors (Lipinski definition) is 3. The molecule has 5 atom stereocenters. The Balaban J connectivity index is 1.25. The van der Waals surface area contributed by atoms with Crippen molar-refractivity contribution in [3.63, 3.8) is 0 Å². The molecule has 7 rings (SSSR count). The first-order chi connectivity index (χ1) is 21.0. The van der Waals surface area contributed by atoms with Crippen molar-refractivity contribution in [2.75, 3.05) is 11.9 Å². The third-order valence-electron chi connectivity index (χ3n) is 9.81. The summed E-state index contributed by atoms with van der Waals surface area (Å²) in [4.78, 5) is 42.6. The average molecular weight is 615 g/mol. The molecule has 228 valence electrons. The predicted octanol–water partition coefficient (Wildman–Crippen LogP) is 4.38. The van der Waals surface area contributed by atoms with E-state index in [1.807, 2.05) is 43.3 Å². The zero-order valence-corrected chi connectivity index (χ0v) is 25.8. The number of aromatic amines is 1. The molecule has 3 N–H and O–H groups in total. The van der Waals surface area contributed by atoms with Gasteiger partial charge >= 0.3 is 0 Å². The summed E-state index contributed by atoms with van der Waals surface area (Å²) in [5.41, 5.74) is 1.95. The van der Waals surface area contributed by atoms with E-state index in [4.69, 9.17) is 4.74 Å². The first-order valence-electron chi connectivity index (χ1n) is 15.0. The van der Waals surface area contributed by atoms with Gasteiger partial charge in [-0.2, -0.15) is 0 Å². The van der Waals surface area contributed by atoms with Gasteiger partial charge in [0.05, 0.1) is 41.8 Å². The minimum atomic E-state index is -3.49. The number of anilines is 1. The van der Waals surface area contributed by atoms with Gasteiger partial charge in [-0.25, -0.2) is 4.68 Å². The number of aromatic nitrogens is 2. The van der Waals surface area contributed by atoms with E-state index in [9.17, 15) is 19.5 Å². The Morgan fingerprint density at radius 1 is 1.09 bits per heavy atom. The van der Waals surface area contributed by atoms with E-state index in [1.165, 1.54) is 4.68 Å². The van der Waals surface area contributed by atoms with Crippen LogP contribution in [0.1, 0.15) is 30.0 Å². The van der Waals surface area contributed by atoms with Crippen LogP contribution in [0.25, 0.3) is 16.6 Å². The Bertz CT molecular complexity index is 1860. The maximum atomic E-state index is 16.2. The number of aliphatic hydroxyl groups is 1. The van der Waals surface area contributed by atoms with Crippen LogP contribution in [0.3, 0.4) is 0 Å². The molecule has 3 aromatic carbocycles. The Morgan fingerprint density at radius 2 is 1.82 bits per heavy atom. The van der Waals surface area contributed by atoms with Gasteiger partial charge < -0.3 is 24.2 Å².